The Labute approximate surface area is 281 Å². The number of aromatic nitrogens is 2. The second kappa shape index (κ2) is 16.3. The molecule has 4 rings (SSSR count). The van der Waals surface area contributed by atoms with Crippen LogP contribution in [0.4, 0.5) is 20.6 Å². The molecule has 0 fully saturated rings. The molecule has 0 spiro atoms. The van der Waals surface area contributed by atoms with Gasteiger partial charge < -0.3 is 34.3 Å². The van der Waals surface area contributed by atoms with Gasteiger partial charge in [-0.1, -0.05) is 6.92 Å². The summed E-state index contributed by atoms with van der Waals surface area (Å²) in [6, 6.07) is 8.96. The molecule has 0 saturated carbocycles. The van der Waals surface area contributed by atoms with Crippen LogP contribution in [0, 0.1) is 11.7 Å². The van der Waals surface area contributed by atoms with Gasteiger partial charge in [-0.05, 0) is 75.6 Å². The quantitative estimate of drug-likeness (QED) is 0.316. The number of benzene rings is 2. The molecule has 2 heterocycles. The Balaban J connectivity index is 1.62. The summed E-state index contributed by atoms with van der Waals surface area (Å²) in [5.74, 6) is -0.896. The zero-order chi connectivity index (χ0) is 35.0. The lowest BCUT2D eigenvalue weighted by Crippen LogP contribution is -2.48. The summed E-state index contributed by atoms with van der Waals surface area (Å²) in [6.45, 7) is 5.95. The number of rotatable bonds is 8. The number of aliphatic hydroxyl groups excluding tert-OH is 1. The maximum Gasteiger partial charge on any atom is 0.321 e. The molecule has 3 amide bonds. The summed E-state index contributed by atoms with van der Waals surface area (Å²) >= 11 is 0. The van der Waals surface area contributed by atoms with Crippen molar-refractivity contribution < 1.29 is 37.0 Å². The molecule has 1 aromatic heterocycles. The highest BCUT2D eigenvalue weighted by atomic mass is 32.2. The van der Waals surface area contributed by atoms with Crippen molar-refractivity contribution in [2.75, 3.05) is 43.4 Å². The van der Waals surface area contributed by atoms with Crippen LogP contribution in [-0.4, -0.2) is 96.4 Å². The molecule has 0 bridgehead atoms. The normalized spacial score (nSPS) is 20.2. The number of halogens is 1. The second-order valence-electron chi connectivity index (χ2n) is 12.3. The van der Waals surface area contributed by atoms with Crippen molar-refractivity contribution in [3.63, 3.8) is 0 Å². The van der Waals surface area contributed by atoms with Gasteiger partial charge in [0.2, 0.25) is 0 Å². The first-order chi connectivity index (χ1) is 22.8. The van der Waals surface area contributed by atoms with Gasteiger partial charge in [-0.25, -0.2) is 14.2 Å². The Kier molecular flexibility index (Phi) is 12.4. The Morgan fingerprint density at radius 2 is 1.88 bits per heavy atom. The van der Waals surface area contributed by atoms with Gasteiger partial charge in [-0.2, -0.15) is 8.42 Å². The molecular formula is C33H45FN6O7S. The summed E-state index contributed by atoms with van der Waals surface area (Å²) in [5.41, 5.74) is 0.712. The number of fused-ring (bicyclic) bond motifs is 1. The van der Waals surface area contributed by atoms with Gasteiger partial charge in [0.1, 0.15) is 11.6 Å². The van der Waals surface area contributed by atoms with E-state index >= 15 is 0 Å². The minimum atomic E-state index is -4.05. The smallest absolute Gasteiger partial charge is 0.321 e. The number of imidazole rings is 1. The van der Waals surface area contributed by atoms with E-state index in [-0.39, 0.29) is 53.7 Å². The van der Waals surface area contributed by atoms with Gasteiger partial charge in [0.25, 0.3) is 15.9 Å². The number of carbonyl (C=O) groups is 2. The summed E-state index contributed by atoms with van der Waals surface area (Å²) < 4.78 is 56.0. The van der Waals surface area contributed by atoms with Crippen LogP contribution in [0.3, 0.4) is 0 Å². The molecule has 15 heteroatoms. The number of sulfonamides is 1. The number of nitrogens with zero attached hydrogens (tertiary/aromatic N) is 4. The third-order valence-electron chi connectivity index (χ3n) is 8.16. The van der Waals surface area contributed by atoms with E-state index in [9.17, 15) is 27.5 Å². The van der Waals surface area contributed by atoms with E-state index in [1.54, 1.807) is 27.1 Å². The molecule has 0 unspecified atom stereocenters. The zero-order valence-electron chi connectivity index (χ0n) is 27.9. The minimum Gasteiger partial charge on any atom is -0.490 e. The largest absolute Gasteiger partial charge is 0.490 e. The summed E-state index contributed by atoms with van der Waals surface area (Å²) in [5, 5.41) is 12.8. The number of ether oxygens (including phenoxy) is 2. The van der Waals surface area contributed by atoms with Crippen molar-refractivity contribution >= 4 is 33.3 Å². The van der Waals surface area contributed by atoms with E-state index in [1.807, 2.05) is 13.8 Å². The molecule has 2 aromatic carbocycles. The van der Waals surface area contributed by atoms with Crippen LogP contribution in [0.15, 0.2) is 60.0 Å². The van der Waals surface area contributed by atoms with Gasteiger partial charge in [0, 0.05) is 57.3 Å². The number of nitrogens with one attached hydrogen (secondary N) is 2. The Bertz CT molecular complexity index is 1650. The fourth-order valence-electron chi connectivity index (χ4n) is 5.29. The monoisotopic (exact) mass is 688 g/mol. The average molecular weight is 689 g/mol. The van der Waals surface area contributed by atoms with Crippen molar-refractivity contribution in [3.8, 4) is 5.75 Å². The molecule has 3 aromatic rings. The maximum atomic E-state index is 14.3. The number of aliphatic hydroxyl groups is 1. The number of amides is 3. The van der Waals surface area contributed by atoms with Gasteiger partial charge in [0.15, 0.2) is 5.03 Å². The van der Waals surface area contributed by atoms with Gasteiger partial charge >= 0.3 is 6.03 Å². The molecular weight excluding hydrogens is 643 g/mol. The average Bonchev–Trinajstić information content (AvgIpc) is 3.50. The van der Waals surface area contributed by atoms with Crippen molar-refractivity contribution in [3.05, 3.63) is 66.4 Å². The number of urea groups is 1. The maximum absolute atomic E-state index is 14.3. The third-order valence-corrected chi connectivity index (χ3v) is 9.42. The van der Waals surface area contributed by atoms with E-state index in [2.05, 4.69) is 15.0 Å². The molecule has 13 nitrogen and oxygen atoms in total. The van der Waals surface area contributed by atoms with Crippen molar-refractivity contribution in [2.24, 2.45) is 13.0 Å². The molecule has 1 aliphatic heterocycles. The van der Waals surface area contributed by atoms with Gasteiger partial charge in [-0.3, -0.25) is 9.52 Å². The van der Waals surface area contributed by atoms with E-state index in [1.165, 1.54) is 63.3 Å². The Morgan fingerprint density at radius 1 is 1.17 bits per heavy atom. The van der Waals surface area contributed by atoms with Crippen LogP contribution in [0.25, 0.3) is 0 Å². The number of carbonyl (C=O) groups excluding carboxylic acids is 2. The lowest BCUT2D eigenvalue weighted by atomic mass is 10.0. The lowest BCUT2D eigenvalue weighted by Gasteiger charge is -2.35. The molecule has 262 valence electrons. The van der Waals surface area contributed by atoms with E-state index in [0.717, 1.165) is 12.8 Å². The molecule has 48 heavy (non-hydrogen) atoms. The van der Waals surface area contributed by atoms with Gasteiger partial charge in [0.05, 0.1) is 36.7 Å². The van der Waals surface area contributed by atoms with Crippen LogP contribution in [0.2, 0.25) is 0 Å². The standard InChI is InChI=1S/C33H45FN6O7S/c1-22-17-40(23(2)20-41)32(42)28-16-27(37-48(44,45)31-19-38(4)21-35-31)13-14-29(28)47-24(3)8-6-7-15-46-30(22)18-39(5)33(43)36-26-11-9-25(34)10-12-26/h9-14,16,19,21-24,30,37,41H,6-8,15,17-18,20H2,1-5H3,(H,36,43)/t22-,23+,24-,30+/m1/s1. The molecule has 0 radical (unpaired) electrons. The third kappa shape index (κ3) is 9.67. The van der Waals surface area contributed by atoms with E-state index in [0.29, 0.717) is 18.7 Å². The van der Waals surface area contributed by atoms with Crippen LogP contribution in [0.5, 0.6) is 5.75 Å². The predicted molar refractivity (Wildman–Crippen MR) is 179 cm³/mol. The van der Waals surface area contributed by atoms with Crippen LogP contribution < -0.4 is 14.8 Å². The summed E-state index contributed by atoms with van der Waals surface area (Å²) in [6.07, 6.45) is 4.17. The van der Waals surface area contributed by atoms with E-state index < -0.39 is 39.9 Å². The Morgan fingerprint density at radius 3 is 2.54 bits per heavy atom. The first-order valence-corrected chi connectivity index (χ1v) is 17.4. The van der Waals surface area contributed by atoms with E-state index in [4.69, 9.17) is 9.47 Å². The number of hydrogen-bond donors (Lipinski definition) is 3. The fraction of sp³-hybridized carbons (Fsp3) is 0.485. The predicted octanol–water partition coefficient (Wildman–Crippen LogP) is 4.32. The SMILES string of the molecule is C[C@@H]1CCCCO[C@@H](CN(C)C(=O)Nc2ccc(F)cc2)[C@H](C)CN([C@@H](C)CO)C(=O)c2cc(NS(=O)(=O)c3cn(C)cn3)ccc2O1. The number of anilines is 2. The molecule has 3 N–H and O–H groups in total. The summed E-state index contributed by atoms with van der Waals surface area (Å²) in [7, 11) is -0.762. The number of hydrogen-bond acceptors (Lipinski definition) is 8. The second-order valence-corrected chi connectivity index (χ2v) is 13.9. The number of aryl methyl sites for hydroxylation is 1. The molecule has 4 atom stereocenters. The van der Waals surface area contributed by atoms with Crippen LogP contribution in [0.1, 0.15) is 50.4 Å². The first-order valence-electron chi connectivity index (χ1n) is 15.9. The van der Waals surface area contributed by atoms with Crippen LogP contribution >= 0.6 is 0 Å². The van der Waals surface area contributed by atoms with Crippen molar-refractivity contribution in [1.29, 1.82) is 0 Å². The first kappa shape index (κ1) is 36.6. The highest BCUT2D eigenvalue weighted by Crippen LogP contribution is 2.29. The minimum absolute atomic E-state index is 0.126. The fourth-order valence-corrected chi connectivity index (χ4v) is 6.32. The zero-order valence-corrected chi connectivity index (χ0v) is 28.7. The molecule has 1 aliphatic rings. The van der Waals surface area contributed by atoms with Crippen molar-refractivity contribution in [2.45, 2.75) is 63.3 Å². The molecule has 0 saturated heterocycles. The summed E-state index contributed by atoms with van der Waals surface area (Å²) in [4.78, 5) is 34.2. The Hall–Kier alpha value is -4.21. The molecule has 0 aliphatic carbocycles. The topological polar surface area (TPSA) is 155 Å². The highest BCUT2D eigenvalue weighted by Gasteiger charge is 2.31. The van der Waals surface area contributed by atoms with Crippen LogP contribution in [-0.2, 0) is 21.8 Å². The lowest BCUT2D eigenvalue weighted by molar-refractivity contribution is -0.0115. The number of likely N-dealkylation sites (N-methyl/N-ethyl adjacent to an activating group) is 1. The van der Waals surface area contributed by atoms with Crippen molar-refractivity contribution in [1.82, 2.24) is 19.4 Å². The highest BCUT2D eigenvalue weighted by molar-refractivity contribution is 7.92. The van der Waals surface area contributed by atoms with Gasteiger partial charge in [-0.15, -0.1) is 0 Å².